The summed E-state index contributed by atoms with van der Waals surface area (Å²) >= 11 is 1.63. The number of thiazole rings is 1. The van der Waals surface area contributed by atoms with E-state index in [4.69, 9.17) is 0 Å². The fourth-order valence-corrected chi connectivity index (χ4v) is 4.44. The minimum atomic E-state index is -0.181. The second-order valence-electron chi connectivity index (χ2n) is 7.26. The Labute approximate surface area is 177 Å². The topological polar surface area (TPSA) is 88.8 Å². The van der Waals surface area contributed by atoms with E-state index in [0.717, 1.165) is 35.3 Å². The highest BCUT2D eigenvalue weighted by atomic mass is 32.1. The first-order valence-electron chi connectivity index (χ1n) is 9.94. The van der Waals surface area contributed by atoms with Crippen LogP contribution in [0, 0.1) is 0 Å². The maximum absolute atomic E-state index is 12.6. The first-order chi connectivity index (χ1) is 14.8. The second-order valence-corrected chi connectivity index (χ2v) is 8.10. The van der Waals surface area contributed by atoms with Gasteiger partial charge in [0.15, 0.2) is 10.8 Å². The van der Waals surface area contributed by atoms with E-state index in [1.165, 1.54) is 12.8 Å². The number of hydrogen-bond acceptors (Lipinski definition) is 7. The summed E-state index contributed by atoms with van der Waals surface area (Å²) in [5, 5.41) is 5.98. The van der Waals surface area contributed by atoms with Crippen LogP contribution in [0.15, 0.2) is 48.4 Å². The molecule has 0 aliphatic carbocycles. The van der Waals surface area contributed by atoms with Crippen LogP contribution < -0.4 is 10.2 Å². The van der Waals surface area contributed by atoms with Crippen molar-refractivity contribution >= 4 is 33.5 Å². The molecule has 1 N–H and O–H groups in total. The van der Waals surface area contributed by atoms with E-state index in [2.05, 4.69) is 30.2 Å². The second kappa shape index (κ2) is 8.19. The van der Waals surface area contributed by atoms with E-state index in [9.17, 15) is 4.79 Å². The molecule has 1 fully saturated rings. The summed E-state index contributed by atoms with van der Waals surface area (Å²) in [6.07, 6.45) is 7.52. The molecule has 0 radical (unpaired) electrons. The van der Waals surface area contributed by atoms with Gasteiger partial charge in [0.25, 0.3) is 5.91 Å². The molecular formula is C21H21N7OS. The molecule has 8 nitrogen and oxygen atoms in total. The van der Waals surface area contributed by atoms with Crippen LogP contribution in [0.25, 0.3) is 11.2 Å². The number of anilines is 1. The molecule has 0 bridgehead atoms. The number of fused-ring (bicyclic) bond motifs is 1. The number of nitrogens with zero attached hydrogens (tertiary/aromatic N) is 6. The molecule has 30 heavy (non-hydrogen) atoms. The van der Waals surface area contributed by atoms with E-state index in [1.54, 1.807) is 36.1 Å². The normalized spacial score (nSPS) is 13.8. The molecule has 4 aromatic rings. The monoisotopic (exact) mass is 419 g/mol. The van der Waals surface area contributed by atoms with Crippen molar-refractivity contribution in [1.82, 2.24) is 29.8 Å². The molecule has 4 aromatic heterocycles. The number of rotatable bonds is 6. The highest BCUT2D eigenvalue weighted by molar-refractivity contribution is 7.13. The third-order valence-corrected chi connectivity index (χ3v) is 6.07. The molecule has 1 saturated heterocycles. The van der Waals surface area contributed by atoms with Gasteiger partial charge < -0.3 is 14.8 Å². The molecule has 0 atom stereocenters. The van der Waals surface area contributed by atoms with Gasteiger partial charge in [-0.25, -0.2) is 15.0 Å². The van der Waals surface area contributed by atoms with Crippen LogP contribution in [0.3, 0.4) is 0 Å². The fourth-order valence-electron chi connectivity index (χ4n) is 3.56. The van der Waals surface area contributed by atoms with Gasteiger partial charge in [-0.1, -0.05) is 6.07 Å². The Kier molecular flexibility index (Phi) is 5.10. The largest absolute Gasteiger partial charge is 0.348 e. The van der Waals surface area contributed by atoms with Crippen LogP contribution >= 0.6 is 11.3 Å². The quantitative estimate of drug-likeness (QED) is 0.517. The highest BCUT2D eigenvalue weighted by Crippen LogP contribution is 2.24. The van der Waals surface area contributed by atoms with Crippen LogP contribution in [-0.4, -0.2) is 43.5 Å². The number of amides is 1. The zero-order valence-corrected chi connectivity index (χ0v) is 17.2. The summed E-state index contributed by atoms with van der Waals surface area (Å²) in [7, 11) is 0. The standard InChI is InChI=1S/C21H21N7OS/c29-20(24-11-17-13-30-21(26-17)27-7-3-4-8-27)15-9-18-19(23-10-15)28(14-25-18)12-16-5-1-2-6-22-16/h1-2,5-6,9-10,13-14H,3-4,7-8,11-12H2,(H,24,29). The Morgan fingerprint density at radius 1 is 1.13 bits per heavy atom. The van der Waals surface area contributed by atoms with E-state index >= 15 is 0 Å². The lowest BCUT2D eigenvalue weighted by atomic mass is 10.2. The van der Waals surface area contributed by atoms with E-state index in [0.29, 0.717) is 24.2 Å². The number of aromatic nitrogens is 5. The van der Waals surface area contributed by atoms with E-state index in [-0.39, 0.29) is 5.91 Å². The zero-order chi connectivity index (χ0) is 20.3. The summed E-state index contributed by atoms with van der Waals surface area (Å²) in [6.45, 7) is 3.12. The predicted octanol–water partition coefficient (Wildman–Crippen LogP) is 2.86. The van der Waals surface area contributed by atoms with Gasteiger partial charge in [-0.2, -0.15) is 0 Å². The summed E-state index contributed by atoms with van der Waals surface area (Å²) in [5.74, 6) is -0.181. The van der Waals surface area contributed by atoms with Crippen LogP contribution in [-0.2, 0) is 13.1 Å². The first-order valence-corrected chi connectivity index (χ1v) is 10.8. The van der Waals surface area contributed by atoms with Crippen molar-refractivity contribution in [3.8, 4) is 0 Å². The lowest BCUT2D eigenvalue weighted by Gasteiger charge is -2.12. The van der Waals surface area contributed by atoms with Crippen molar-refractivity contribution in [1.29, 1.82) is 0 Å². The third kappa shape index (κ3) is 3.88. The number of imidazole rings is 1. The molecule has 0 unspecified atom stereocenters. The molecule has 5 heterocycles. The summed E-state index contributed by atoms with van der Waals surface area (Å²) in [6, 6.07) is 7.57. The molecule has 1 amide bonds. The van der Waals surface area contributed by atoms with Crippen molar-refractivity contribution in [2.75, 3.05) is 18.0 Å². The SMILES string of the molecule is O=C(NCc1csc(N2CCCC2)n1)c1cnc2c(c1)ncn2Cc1ccccn1. The van der Waals surface area contributed by atoms with Gasteiger partial charge in [0.1, 0.15) is 5.52 Å². The molecule has 152 valence electrons. The van der Waals surface area contributed by atoms with Crippen molar-refractivity contribution < 1.29 is 4.79 Å². The van der Waals surface area contributed by atoms with Crippen LogP contribution in [0.4, 0.5) is 5.13 Å². The molecule has 9 heteroatoms. The molecule has 1 aliphatic heterocycles. The summed E-state index contributed by atoms with van der Waals surface area (Å²) < 4.78 is 1.93. The van der Waals surface area contributed by atoms with Gasteiger partial charge in [0.2, 0.25) is 0 Å². The van der Waals surface area contributed by atoms with Gasteiger partial charge in [-0.15, -0.1) is 11.3 Å². The van der Waals surface area contributed by atoms with E-state index < -0.39 is 0 Å². The van der Waals surface area contributed by atoms with Crippen LogP contribution in [0.2, 0.25) is 0 Å². The van der Waals surface area contributed by atoms with Gasteiger partial charge in [0, 0.05) is 30.9 Å². The Balaban J connectivity index is 1.25. The third-order valence-electron chi connectivity index (χ3n) is 5.12. The Morgan fingerprint density at radius 3 is 2.87 bits per heavy atom. The number of hydrogen-bond donors (Lipinski definition) is 1. The Bertz CT molecular complexity index is 1160. The average Bonchev–Trinajstić information content (AvgIpc) is 3.53. The van der Waals surface area contributed by atoms with Crippen LogP contribution in [0.1, 0.15) is 34.6 Å². The number of carbonyl (C=O) groups excluding carboxylic acids is 1. The molecule has 0 aromatic carbocycles. The average molecular weight is 420 g/mol. The number of pyridine rings is 2. The highest BCUT2D eigenvalue weighted by Gasteiger charge is 2.16. The lowest BCUT2D eigenvalue weighted by molar-refractivity contribution is 0.0950. The summed E-state index contributed by atoms with van der Waals surface area (Å²) in [4.78, 5) is 32.7. The van der Waals surface area contributed by atoms with Gasteiger partial charge in [-0.05, 0) is 31.0 Å². The van der Waals surface area contributed by atoms with E-state index in [1.807, 2.05) is 28.1 Å². The van der Waals surface area contributed by atoms with Crippen molar-refractivity contribution in [2.24, 2.45) is 0 Å². The maximum Gasteiger partial charge on any atom is 0.253 e. The van der Waals surface area contributed by atoms with Crippen molar-refractivity contribution in [2.45, 2.75) is 25.9 Å². The van der Waals surface area contributed by atoms with Gasteiger partial charge in [-0.3, -0.25) is 9.78 Å². The fraction of sp³-hybridized carbons (Fsp3) is 0.286. The first kappa shape index (κ1) is 18.7. The molecular weight excluding hydrogens is 398 g/mol. The number of nitrogens with one attached hydrogen (secondary N) is 1. The summed E-state index contributed by atoms with van der Waals surface area (Å²) in [5.41, 5.74) is 3.71. The van der Waals surface area contributed by atoms with Crippen LogP contribution in [0.5, 0.6) is 0 Å². The minimum absolute atomic E-state index is 0.181. The van der Waals surface area contributed by atoms with Crippen molar-refractivity contribution in [3.05, 3.63) is 65.3 Å². The molecule has 0 saturated carbocycles. The van der Waals surface area contributed by atoms with Gasteiger partial charge >= 0.3 is 0 Å². The minimum Gasteiger partial charge on any atom is -0.348 e. The molecule has 0 spiro atoms. The molecule has 5 rings (SSSR count). The lowest BCUT2D eigenvalue weighted by Crippen LogP contribution is -2.23. The smallest absolute Gasteiger partial charge is 0.253 e. The Hall–Kier alpha value is -3.33. The zero-order valence-electron chi connectivity index (χ0n) is 16.4. The maximum atomic E-state index is 12.6. The predicted molar refractivity (Wildman–Crippen MR) is 116 cm³/mol. The van der Waals surface area contributed by atoms with Crippen molar-refractivity contribution in [3.63, 3.8) is 0 Å². The number of carbonyl (C=O) groups is 1. The Morgan fingerprint density at radius 2 is 2.03 bits per heavy atom. The molecule has 1 aliphatic rings. The van der Waals surface area contributed by atoms with Gasteiger partial charge in [0.05, 0.1) is 36.4 Å².